The predicted octanol–water partition coefficient (Wildman–Crippen LogP) is 3.51. The average molecular weight is 397 g/mol. The van der Waals surface area contributed by atoms with Crippen LogP contribution >= 0.6 is 0 Å². The highest BCUT2D eigenvalue weighted by Crippen LogP contribution is 2.26. The highest BCUT2D eigenvalue weighted by atomic mass is 19.1. The van der Waals surface area contributed by atoms with Gasteiger partial charge in [0.05, 0.1) is 24.5 Å². The van der Waals surface area contributed by atoms with Crippen molar-refractivity contribution in [1.82, 2.24) is 15.2 Å². The van der Waals surface area contributed by atoms with E-state index in [-0.39, 0.29) is 17.8 Å². The van der Waals surface area contributed by atoms with Gasteiger partial charge in [0, 0.05) is 37.4 Å². The van der Waals surface area contributed by atoms with Crippen molar-refractivity contribution in [3.63, 3.8) is 0 Å². The van der Waals surface area contributed by atoms with E-state index in [0.29, 0.717) is 22.7 Å². The van der Waals surface area contributed by atoms with Crippen molar-refractivity contribution >= 4 is 5.91 Å². The van der Waals surface area contributed by atoms with Crippen LogP contribution in [-0.4, -0.2) is 54.7 Å². The minimum Gasteiger partial charge on any atom is -0.379 e. The van der Waals surface area contributed by atoms with Crippen LogP contribution in [-0.2, 0) is 4.74 Å². The zero-order chi connectivity index (χ0) is 20.1. The molecule has 154 valence electrons. The van der Waals surface area contributed by atoms with Crippen molar-refractivity contribution in [2.75, 3.05) is 32.8 Å². The van der Waals surface area contributed by atoms with E-state index in [1.54, 1.807) is 30.5 Å². The van der Waals surface area contributed by atoms with Crippen molar-refractivity contribution in [3.8, 4) is 11.3 Å². The summed E-state index contributed by atoms with van der Waals surface area (Å²) >= 11 is 0. The number of halogens is 1. The van der Waals surface area contributed by atoms with Gasteiger partial charge in [-0.05, 0) is 55.9 Å². The molecule has 2 heterocycles. The Morgan fingerprint density at radius 1 is 1.14 bits per heavy atom. The van der Waals surface area contributed by atoms with Crippen LogP contribution in [0.5, 0.6) is 0 Å². The van der Waals surface area contributed by atoms with Crippen LogP contribution in [0.15, 0.2) is 42.6 Å². The Balaban J connectivity index is 1.26. The van der Waals surface area contributed by atoms with E-state index in [9.17, 15) is 9.18 Å². The third-order valence-electron chi connectivity index (χ3n) is 5.95. The molecule has 0 radical (unpaired) electrons. The quantitative estimate of drug-likeness (QED) is 0.839. The number of hydrogen-bond acceptors (Lipinski definition) is 4. The number of hydrogen-bond donors (Lipinski definition) is 1. The first-order chi connectivity index (χ1) is 14.2. The van der Waals surface area contributed by atoms with Gasteiger partial charge in [-0.3, -0.25) is 14.7 Å². The van der Waals surface area contributed by atoms with E-state index < -0.39 is 0 Å². The molecule has 2 aromatic rings. The van der Waals surface area contributed by atoms with Gasteiger partial charge in [0.1, 0.15) is 5.82 Å². The van der Waals surface area contributed by atoms with Crippen LogP contribution < -0.4 is 5.32 Å². The Morgan fingerprint density at radius 3 is 2.62 bits per heavy atom. The Hall–Kier alpha value is -2.31. The number of morpholine rings is 1. The molecule has 2 aliphatic rings. The molecule has 1 aliphatic carbocycles. The fourth-order valence-electron chi connectivity index (χ4n) is 4.25. The lowest BCUT2D eigenvalue weighted by molar-refractivity contribution is 0.0270. The lowest BCUT2D eigenvalue weighted by Gasteiger charge is -2.34. The van der Waals surface area contributed by atoms with E-state index in [1.807, 2.05) is 0 Å². The molecule has 0 bridgehead atoms. The third kappa shape index (κ3) is 5.40. The number of benzene rings is 1. The Labute approximate surface area is 171 Å². The summed E-state index contributed by atoms with van der Waals surface area (Å²) in [5.41, 5.74) is 1.90. The van der Waals surface area contributed by atoms with Crippen LogP contribution in [0.25, 0.3) is 11.3 Å². The molecule has 1 aromatic carbocycles. The second kappa shape index (κ2) is 9.46. The van der Waals surface area contributed by atoms with Crippen LogP contribution in [0.4, 0.5) is 4.39 Å². The standard InChI is InChI=1S/C23H28FN3O2/c24-20-3-1-2-18(14-20)22-9-6-19(15-25-22)23(28)26-21-7-4-17(5-8-21)16-27-10-12-29-13-11-27/h1-3,6,9,14-15,17,21H,4-5,7-8,10-13,16H2,(H,26,28)/t17-,21-. The molecule has 0 atom stereocenters. The van der Waals surface area contributed by atoms with Gasteiger partial charge in [0.25, 0.3) is 5.91 Å². The van der Waals surface area contributed by atoms with Crippen LogP contribution in [0.3, 0.4) is 0 Å². The van der Waals surface area contributed by atoms with Gasteiger partial charge in [0.15, 0.2) is 0 Å². The molecule has 0 unspecified atom stereocenters. The number of amides is 1. The largest absolute Gasteiger partial charge is 0.379 e. The summed E-state index contributed by atoms with van der Waals surface area (Å²) in [5.74, 6) is 0.337. The molecule has 1 N–H and O–H groups in total. The molecule has 1 aliphatic heterocycles. The van der Waals surface area contributed by atoms with Crippen molar-refractivity contribution in [2.45, 2.75) is 31.7 Å². The van der Waals surface area contributed by atoms with Gasteiger partial charge in [-0.25, -0.2) is 4.39 Å². The molecular weight excluding hydrogens is 369 g/mol. The van der Waals surface area contributed by atoms with Crippen LogP contribution in [0.1, 0.15) is 36.0 Å². The average Bonchev–Trinajstić information content (AvgIpc) is 2.76. The highest BCUT2D eigenvalue weighted by molar-refractivity contribution is 5.94. The van der Waals surface area contributed by atoms with E-state index in [4.69, 9.17) is 4.74 Å². The molecular formula is C23H28FN3O2. The molecule has 1 amide bonds. The lowest BCUT2D eigenvalue weighted by atomic mass is 9.85. The molecule has 1 saturated heterocycles. The maximum atomic E-state index is 13.4. The topological polar surface area (TPSA) is 54.5 Å². The maximum Gasteiger partial charge on any atom is 0.253 e. The number of aromatic nitrogens is 1. The number of ether oxygens (including phenoxy) is 1. The summed E-state index contributed by atoms with van der Waals surface area (Å²) in [5, 5.41) is 3.16. The minimum atomic E-state index is -0.296. The zero-order valence-corrected chi connectivity index (χ0v) is 16.6. The Morgan fingerprint density at radius 2 is 1.93 bits per heavy atom. The Kier molecular flexibility index (Phi) is 6.52. The van der Waals surface area contributed by atoms with Crippen LogP contribution in [0, 0.1) is 11.7 Å². The van der Waals surface area contributed by atoms with E-state index >= 15 is 0 Å². The smallest absolute Gasteiger partial charge is 0.253 e. The van der Waals surface area contributed by atoms with Crippen molar-refractivity contribution in [1.29, 1.82) is 0 Å². The number of nitrogens with one attached hydrogen (secondary N) is 1. The SMILES string of the molecule is O=C(N[C@H]1CC[C@H](CN2CCOCC2)CC1)c1ccc(-c2cccc(F)c2)nc1. The summed E-state index contributed by atoms with van der Waals surface area (Å²) in [6, 6.07) is 10.1. The van der Waals surface area contributed by atoms with Gasteiger partial charge in [-0.2, -0.15) is 0 Å². The molecule has 5 nitrogen and oxygen atoms in total. The molecule has 4 rings (SSSR count). The molecule has 1 aromatic heterocycles. The summed E-state index contributed by atoms with van der Waals surface area (Å²) < 4.78 is 18.8. The molecule has 0 spiro atoms. The summed E-state index contributed by atoms with van der Waals surface area (Å²) in [6.07, 6.45) is 5.92. The molecule has 2 fully saturated rings. The van der Waals surface area contributed by atoms with Crippen molar-refractivity contribution in [2.24, 2.45) is 5.92 Å². The maximum absolute atomic E-state index is 13.4. The monoisotopic (exact) mass is 397 g/mol. The first-order valence-corrected chi connectivity index (χ1v) is 10.5. The second-order valence-corrected chi connectivity index (χ2v) is 8.05. The normalized spacial score (nSPS) is 22.9. The van der Waals surface area contributed by atoms with Crippen molar-refractivity contribution < 1.29 is 13.9 Å². The fourth-order valence-corrected chi connectivity index (χ4v) is 4.25. The number of carbonyl (C=O) groups excluding carboxylic acids is 1. The highest BCUT2D eigenvalue weighted by Gasteiger charge is 2.25. The summed E-state index contributed by atoms with van der Waals surface area (Å²) in [4.78, 5) is 19.4. The number of rotatable bonds is 5. The van der Waals surface area contributed by atoms with E-state index in [2.05, 4.69) is 15.2 Å². The van der Waals surface area contributed by atoms with E-state index in [1.165, 1.54) is 12.1 Å². The van der Waals surface area contributed by atoms with Gasteiger partial charge >= 0.3 is 0 Å². The molecule has 6 heteroatoms. The van der Waals surface area contributed by atoms with Gasteiger partial charge in [-0.1, -0.05) is 12.1 Å². The number of nitrogens with zero attached hydrogens (tertiary/aromatic N) is 2. The van der Waals surface area contributed by atoms with Gasteiger partial charge in [0.2, 0.25) is 0 Å². The number of carbonyl (C=O) groups is 1. The fraction of sp³-hybridized carbons (Fsp3) is 0.478. The van der Waals surface area contributed by atoms with Crippen LogP contribution in [0.2, 0.25) is 0 Å². The first kappa shape index (κ1) is 20.0. The Bertz CT molecular complexity index is 813. The second-order valence-electron chi connectivity index (χ2n) is 8.05. The van der Waals surface area contributed by atoms with E-state index in [0.717, 1.165) is 58.5 Å². The molecule has 29 heavy (non-hydrogen) atoms. The van der Waals surface area contributed by atoms with Crippen molar-refractivity contribution in [3.05, 3.63) is 54.0 Å². The van der Waals surface area contributed by atoms with Gasteiger partial charge in [-0.15, -0.1) is 0 Å². The minimum absolute atomic E-state index is 0.0834. The molecule has 1 saturated carbocycles. The van der Waals surface area contributed by atoms with Gasteiger partial charge < -0.3 is 10.1 Å². The summed E-state index contributed by atoms with van der Waals surface area (Å²) in [6.45, 7) is 4.91. The predicted molar refractivity (Wildman–Crippen MR) is 110 cm³/mol. The number of pyridine rings is 1. The third-order valence-corrected chi connectivity index (χ3v) is 5.95. The first-order valence-electron chi connectivity index (χ1n) is 10.5. The zero-order valence-electron chi connectivity index (χ0n) is 16.6. The summed E-state index contributed by atoms with van der Waals surface area (Å²) in [7, 11) is 0. The lowest BCUT2D eigenvalue weighted by Crippen LogP contribution is -2.42.